The first kappa shape index (κ1) is 15.6. The highest BCUT2D eigenvalue weighted by Gasteiger charge is 2.10. The predicted molar refractivity (Wildman–Crippen MR) is 90.2 cm³/mol. The van der Waals surface area contributed by atoms with Gasteiger partial charge >= 0.3 is 5.97 Å². The van der Waals surface area contributed by atoms with E-state index in [2.05, 4.69) is 4.98 Å². The summed E-state index contributed by atoms with van der Waals surface area (Å²) in [5.74, 6) is -0.202. The lowest BCUT2D eigenvalue weighted by Gasteiger charge is -2.09. The summed E-state index contributed by atoms with van der Waals surface area (Å²) in [6.45, 7) is 0.511. The standard InChI is InChI=1S/C17H12Cl2N2O2/c18-14-5-4-12(9-15(14)19)16-20-6-7-21(16)10-11-2-1-3-13(8-11)17(22)23/h1-9H,10H2,(H,22,23). The molecule has 3 aromatic rings. The van der Waals surface area contributed by atoms with Crippen molar-refractivity contribution >= 4 is 29.2 Å². The van der Waals surface area contributed by atoms with Crippen molar-refractivity contribution in [2.24, 2.45) is 0 Å². The molecule has 116 valence electrons. The Morgan fingerprint density at radius 3 is 2.70 bits per heavy atom. The Labute approximate surface area is 142 Å². The van der Waals surface area contributed by atoms with Gasteiger partial charge in [0.1, 0.15) is 5.82 Å². The van der Waals surface area contributed by atoms with E-state index in [-0.39, 0.29) is 5.56 Å². The summed E-state index contributed by atoms with van der Waals surface area (Å²) in [4.78, 5) is 15.4. The highest BCUT2D eigenvalue weighted by molar-refractivity contribution is 6.42. The van der Waals surface area contributed by atoms with Gasteiger partial charge in [0.15, 0.2) is 0 Å². The second-order valence-electron chi connectivity index (χ2n) is 5.01. The maximum atomic E-state index is 11.1. The van der Waals surface area contributed by atoms with Crippen LogP contribution in [0.4, 0.5) is 0 Å². The van der Waals surface area contributed by atoms with Crippen molar-refractivity contribution in [3.8, 4) is 11.4 Å². The number of halogens is 2. The Kier molecular flexibility index (Phi) is 4.37. The summed E-state index contributed by atoms with van der Waals surface area (Å²) in [6, 6.07) is 12.2. The Morgan fingerprint density at radius 1 is 1.13 bits per heavy atom. The number of carbonyl (C=O) groups is 1. The Balaban J connectivity index is 1.93. The van der Waals surface area contributed by atoms with E-state index in [9.17, 15) is 4.79 Å². The topological polar surface area (TPSA) is 55.1 Å². The van der Waals surface area contributed by atoms with Crippen LogP contribution in [0.15, 0.2) is 54.9 Å². The lowest BCUT2D eigenvalue weighted by Crippen LogP contribution is -2.03. The molecule has 0 aliphatic carbocycles. The van der Waals surface area contributed by atoms with Crippen molar-refractivity contribution in [2.45, 2.75) is 6.54 Å². The van der Waals surface area contributed by atoms with Crippen LogP contribution in [0.1, 0.15) is 15.9 Å². The van der Waals surface area contributed by atoms with Gasteiger partial charge in [0.05, 0.1) is 15.6 Å². The van der Waals surface area contributed by atoms with E-state index in [1.807, 2.05) is 22.9 Å². The van der Waals surface area contributed by atoms with Crippen molar-refractivity contribution < 1.29 is 9.90 Å². The molecule has 4 nitrogen and oxygen atoms in total. The molecule has 0 aliphatic rings. The first-order valence-corrected chi connectivity index (χ1v) is 7.59. The third kappa shape index (κ3) is 3.38. The van der Waals surface area contributed by atoms with Gasteiger partial charge in [0.2, 0.25) is 0 Å². The maximum absolute atomic E-state index is 11.1. The highest BCUT2D eigenvalue weighted by Crippen LogP contribution is 2.28. The maximum Gasteiger partial charge on any atom is 0.335 e. The van der Waals surface area contributed by atoms with E-state index in [0.717, 1.165) is 17.0 Å². The Morgan fingerprint density at radius 2 is 1.96 bits per heavy atom. The largest absolute Gasteiger partial charge is 0.478 e. The van der Waals surface area contributed by atoms with Crippen molar-refractivity contribution in [3.05, 3.63) is 76.0 Å². The van der Waals surface area contributed by atoms with Crippen LogP contribution in [-0.4, -0.2) is 20.6 Å². The molecule has 0 radical (unpaired) electrons. The number of imidazole rings is 1. The minimum Gasteiger partial charge on any atom is -0.478 e. The lowest BCUT2D eigenvalue weighted by atomic mass is 10.1. The van der Waals surface area contributed by atoms with Crippen molar-refractivity contribution in [3.63, 3.8) is 0 Å². The first-order chi connectivity index (χ1) is 11.0. The van der Waals surface area contributed by atoms with Gasteiger partial charge in [-0.15, -0.1) is 0 Å². The summed E-state index contributed by atoms with van der Waals surface area (Å²) < 4.78 is 1.93. The fourth-order valence-corrected chi connectivity index (χ4v) is 2.63. The van der Waals surface area contributed by atoms with Gasteiger partial charge in [-0.3, -0.25) is 0 Å². The summed E-state index contributed by atoms with van der Waals surface area (Å²) >= 11 is 12.0. The normalized spacial score (nSPS) is 10.7. The Hall–Kier alpha value is -2.30. The average Bonchev–Trinajstić information content (AvgIpc) is 2.98. The van der Waals surface area contributed by atoms with Gasteiger partial charge in [-0.2, -0.15) is 0 Å². The summed E-state index contributed by atoms with van der Waals surface area (Å²) in [7, 11) is 0. The fraction of sp³-hybridized carbons (Fsp3) is 0.0588. The molecule has 0 amide bonds. The molecule has 0 unspecified atom stereocenters. The van der Waals surface area contributed by atoms with Crippen LogP contribution < -0.4 is 0 Å². The number of rotatable bonds is 4. The molecule has 0 spiro atoms. The monoisotopic (exact) mass is 346 g/mol. The summed E-state index contributed by atoms with van der Waals surface area (Å²) in [5.41, 5.74) is 1.99. The number of aromatic nitrogens is 2. The highest BCUT2D eigenvalue weighted by atomic mass is 35.5. The number of carboxylic acid groups (broad SMARTS) is 1. The zero-order valence-corrected chi connectivity index (χ0v) is 13.4. The predicted octanol–water partition coefficient (Wildman–Crippen LogP) is 4.60. The van der Waals surface area contributed by atoms with Crippen LogP contribution in [0.2, 0.25) is 10.0 Å². The number of nitrogens with zero attached hydrogens (tertiary/aromatic N) is 2. The zero-order chi connectivity index (χ0) is 16.4. The zero-order valence-electron chi connectivity index (χ0n) is 11.9. The molecule has 23 heavy (non-hydrogen) atoms. The number of hydrogen-bond acceptors (Lipinski definition) is 2. The van der Waals surface area contributed by atoms with E-state index in [4.69, 9.17) is 28.3 Å². The molecule has 0 saturated heterocycles. The van der Waals surface area contributed by atoms with Crippen LogP contribution in [0.5, 0.6) is 0 Å². The molecule has 2 aromatic carbocycles. The van der Waals surface area contributed by atoms with Gasteiger partial charge in [-0.25, -0.2) is 9.78 Å². The number of hydrogen-bond donors (Lipinski definition) is 1. The van der Waals surface area contributed by atoms with E-state index in [1.165, 1.54) is 0 Å². The molecule has 0 bridgehead atoms. The van der Waals surface area contributed by atoms with Crippen LogP contribution in [0.3, 0.4) is 0 Å². The molecule has 1 aromatic heterocycles. The van der Waals surface area contributed by atoms with Crippen LogP contribution in [0.25, 0.3) is 11.4 Å². The van der Waals surface area contributed by atoms with Crippen LogP contribution in [0, 0.1) is 0 Å². The molecule has 0 atom stereocenters. The minimum absolute atomic E-state index is 0.263. The first-order valence-electron chi connectivity index (χ1n) is 6.83. The molecule has 3 rings (SSSR count). The third-order valence-electron chi connectivity index (χ3n) is 3.42. The molecule has 0 saturated carbocycles. The number of carboxylic acids is 1. The molecule has 0 fully saturated rings. The number of benzene rings is 2. The average molecular weight is 347 g/mol. The van der Waals surface area contributed by atoms with E-state index < -0.39 is 5.97 Å². The fourth-order valence-electron chi connectivity index (χ4n) is 2.33. The SMILES string of the molecule is O=C(O)c1cccc(Cn2ccnc2-c2ccc(Cl)c(Cl)c2)c1. The Bertz CT molecular complexity index is 875. The van der Waals surface area contributed by atoms with E-state index >= 15 is 0 Å². The van der Waals surface area contributed by atoms with Gasteiger partial charge < -0.3 is 9.67 Å². The summed E-state index contributed by atoms with van der Waals surface area (Å²) in [6.07, 6.45) is 3.53. The van der Waals surface area contributed by atoms with E-state index in [1.54, 1.807) is 36.5 Å². The molecule has 1 heterocycles. The lowest BCUT2D eigenvalue weighted by molar-refractivity contribution is 0.0696. The molecule has 1 N–H and O–H groups in total. The van der Waals surface area contributed by atoms with Gasteiger partial charge in [0, 0.05) is 24.5 Å². The molecule has 6 heteroatoms. The van der Waals surface area contributed by atoms with Crippen molar-refractivity contribution in [2.75, 3.05) is 0 Å². The van der Waals surface area contributed by atoms with Crippen LogP contribution >= 0.6 is 23.2 Å². The van der Waals surface area contributed by atoms with Crippen molar-refractivity contribution in [1.82, 2.24) is 9.55 Å². The molecule has 0 aliphatic heterocycles. The van der Waals surface area contributed by atoms with Crippen LogP contribution in [-0.2, 0) is 6.54 Å². The second-order valence-corrected chi connectivity index (χ2v) is 5.83. The molecular formula is C17H12Cl2N2O2. The van der Waals surface area contributed by atoms with Gasteiger partial charge in [-0.05, 0) is 35.9 Å². The minimum atomic E-state index is -0.942. The summed E-state index contributed by atoms with van der Waals surface area (Å²) in [5, 5.41) is 10.0. The van der Waals surface area contributed by atoms with Crippen molar-refractivity contribution in [1.29, 1.82) is 0 Å². The quantitative estimate of drug-likeness (QED) is 0.750. The third-order valence-corrected chi connectivity index (χ3v) is 4.16. The number of aromatic carboxylic acids is 1. The van der Waals surface area contributed by atoms with E-state index in [0.29, 0.717) is 16.6 Å². The molecular weight excluding hydrogens is 335 g/mol. The van der Waals surface area contributed by atoms with Gasteiger partial charge in [-0.1, -0.05) is 35.3 Å². The second kappa shape index (κ2) is 6.44. The smallest absolute Gasteiger partial charge is 0.335 e. The van der Waals surface area contributed by atoms with Gasteiger partial charge in [0.25, 0.3) is 0 Å².